The van der Waals surface area contributed by atoms with Crippen molar-refractivity contribution >= 4 is 17.7 Å². The SMILES string of the molecule is CCSCCC(C)N1C(=O)CNC1CC(C)C. The van der Waals surface area contributed by atoms with Crippen LogP contribution in [0.3, 0.4) is 0 Å². The molecule has 0 aromatic carbocycles. The summed E-state index contributed by atoms with van der Waals surface area (Å²) in [6.07, 6.45) is 2.40. The molecule has 1 fully saturated rings. The first kappa shape index (κ1) is 14.8. The van der Waals surface area contributed by atoms with Gasteiger partial charge in [0.25, 0.3) is 0 Å². The lowest BCUT2D eigenvalue weighted by molar-refractivity contribution is -0.130. The molecule has 0 spiro atoms. The van der Waals surface area contributed by atoms with Gasteiger partial charge in [-0.25, -0.2) is 0 Å². The Morgan fingerprint density at radius 1 is 1.47 bits per heavy atom. The van der Waals surface area contributed by atoms with Crippen LogP contribution < -0.4 is 5.32 Å². The zero-order chi connectivity index (χ0) is 12.8. The summed E-state index contributed by atoms with van der Waals surface area (Å²) in [6, 6.07) is 0.361. The Balaban J connectivity index is 2.48. The molecule has 0 aliphatic carbocycles. The maximum atomic E-state index is 11.9. The predicted molar refractivity (Wildman–Crippen MR) is 75.2 cm³/mol. The van der Waals surface area contributed by atoms with Gasteiger partial charge in [0.15, 0.2) is 0 Å². The van der Waals surface area contributed by atoms with Crippen LogP contribution in [0.15, 0.2) is 0 Å². The fourth-order valence-electron chi connectivity index (χ4n) is 2.30. The van der Waals surface area contributed by atoms with Gasteiger partial charge in [-0.1, -0.05) is 20.8 Å². The average Bonchev–Trinajstić information content (AvgIpc) is 2.59. The van der Waals surface area contributed by atoms with Gasteiger partial charge >= 0.3 is 0 Å². The van der Waals surface area contributed by atoms with Gasteiger partial charge in [-0.05, 0) is 37.2 Å². The molecule has 0 bridgehead atoms. The van der Waals surface area contributed by atoms with Crippen molar-refractivity contribution in [3.05, 3.63) is 0 Å². The van der Waals surface area contributed by atoms with E-state index in [1.807, 2.05) is 11.8 Å². The topological polar surface area (TPSA) is 32.3 Å². The standard InChI is InChI=1S/C13H26N2OS/c1-5-17-7-6-11(4)15-12(8-10(2)3)14-9-13(15)16/h10-12,14H,5-9H2,1-4H3. The zero-order valence-electron chi connectivity index (χ0n) is 11.5. The highest BCUT2D eigenvalue weighted by Gasteiger charge is 2.33. The number of nitrogens with one attached hydrogen (secondary N) is 1. The lowest BCUT2D eigenvalue weighted by Crippen LogP contribution is -2.44. The molecule has 4 heteroatoms. The fraction of sp³-hybridized carbons (Fsp3) is 0.923. The summed E-state index contributed by atoms with van der Waals surface area (Å²) in [5.41, 5.74) is 0. The van der Waals surface area contributed by atoms with E-state index in [0.717, 1.165) is 24.3 Å². The summed E-state index contributed by atoms with van der Waals surface area (Å²) in [6.45, 7) is 9.29. The van der Waals surface area contributed by atoms with E-state index in [1.165, 1.54) is 0 Å². The minimum Gasteiger partial charge on any atom is -0.323 e. The fourth-order valence-corrected chi connectivity index (χ4v) is 3.10. The van der Waals surface area contributed by atoms with Gasteiger partial charge in [0.2, 0.25) is 5.91 Å². The van der Waals surface area contributed by atoms with Gasteiger partial charge in [0.05, 0.1) is 12.7 Å². The molecule has 2 atom stereocenters. The summed E-state index contributed by atoms with van der Waals surface area (Å²) in [7, 11) is 0. The third kappa shape index (κ3) is 4.51. The van der Waals surface area contributed by atoms with Gasteiger partial charge in [0, 0.05) is 6.04 Å². The van der Waals surface area contributed by atoms with Crippen LogP contribution >= 0.6 is 11.8 Å². The molecule has 1 amide bonds. The molecule has 17 heavy (non-hydrogen) atoms. The van der Waals surface area contributed by atoms with Crippen LogP contribution in [-0.4, -0.2) is 41.1 Å². The van der Waals surface area contributed by atoms with E-state index in [-0.39, 0.29) is 12.1 Å². The van der Waals surface area contributed by atoms with Crippen molar-refractivity contribution in [2.24, 2.45) is 5.92 Å². The molecule has 0 radical (unpaired) electrons. The van der Waals surface area contributed by atoms with Gasteiger partial charge in [-0.15, -0.1) is 0 Å². The predicted octanol–water partition coefficient (Wildman–Crippen LogP) is 2.32. The minimum absolute atomic E-state index is 0.254. The van der Waals surface area contributed by atoms with Crippen LogP contribution in [0.5, 0.6) is 0 Å². The molecule has 2 unspecified atom stereocenters. The Kier molecular flexibility index (Phi) is 6.34. The molecule has 1 heterocycles. The Morgan fingerprint density at radius 3 is 2.76 bits per heavy atom. The molecule has 1 aliphatic rings. The lowest BCUT2D eigenvalue weighted by atomic mass is 10.1. The Morgan fingerprint density at radius 2 is 2.18 bits per heavy atom. The summed E-state index contributed by atoms with van der Waals surface area (Å²) < 4.78 is 0. The monoisotopic (exact) mass is 258 g/mol. The van der Waals surface area contributed by atoms with Gasteiger partial charge in [0.1, 0.15) is 0 Å². The molecular weight excluding hydrogens is 232 g/mol. The van der Waals surface area contributed by atoms with E-state index in [9.17, 15) is 4.79 Å². The molecular formula is C13H26N2OS. The van der Waals surface area contributed by atoms with E-state index in [1.54, 1.807) is 0 Å². The molecule has 3 nitrogen and oxygen atoms in total. The molecule has 1 saturated heterocycles. The van der Waals surface area contributed by atoms with Crippen LogP contribution in [0.25, 0.3) is 0 Å². The first-order chi connectivity index (χ1) is 8.06. The number of hydrogen-bond donors (Lipinski definition) is 1. The number of carbonyl (C=O) groups is 1. The first-order valence-corrected chi connectivity index (χ1v) is 7.84. The summed E-state index contributed by atoms with van der Waals surface area (Å²) >= 11 is 1.95. The van der Waals surface area contributed by atoms with E-state index in [2.05, 4.69) is 37.9 Å². The Labute approximate surface area is 110 Å². The Bertz CT molecular complexity index is 246. The second-order valence-electron chi connectivity index (χ2n) is 5.16. The van der Waals surface area contributed by atoms with Crippen molar-refractivity contribution in [1.29, 1.82) is 0 Å². The molecule has 0 aromatic heterocycles. The quantitative estimate of drug-likeness (QED) is 0.711. The maximum absolute atomic E-state index is 11.9. The van der Waals surface area contributed by atoms with Gasteiger partial charge < -0.3 is 4.90 Å². The molecule has 1 N–H and O–H groups in total. The second-order valence-corrected chi connectivity index (χ2v) is 6.56. The number of hydrogen-bond acceptors (Lipinski definition) is 3. The van der Waals surface area contributed by atoms with Crippen molar-refractivity contribution in [2.45, 2.75) is 52.7 Å². The Hall–Kier alpha value is -0.220. The highest BCUT2D eigenvalue weighted by atomic mass is 32.2. The smallest absolute Gasteiger partial charge is 0.238 e. The highest BCUT2D eigenvalue weighted by Crippen LogP contribution is 2.19. The lowest BCUT2D eigenvalue weighted by Gasteiger charge is -2.31. The zero-order valence-corrected chi connectivity index (χ0v) is 12.3. The average molecular weight is 258 g/mol. The molecule has 0 saturated carbocycles. The van der Waals surface area contributed by atoms with E-state index >= 15 is 0 Å². The van der Waals surface area contributed by atoms with Crippen LogP contribution in [0, 0.1) is 5.92 Å². The number of thioether (sulfide) groups is 1. The third-order valence-electron chi connectivity index (χ3n) is 3.17. The largest absolute Gasteiger partial charge is 0.323 e. The summed E-state index contributed by atoms with van der Waals surface area (Å²) in [5, 5.41) is 3.33. The van der Waals surface area contributed by atoms with Crippen molar-refractivity contribution in [2.75, 3.05) is 18.1 Å². The van der Waals surface area contributed by atoms with Crippen LogP contribution in [0.2, 0.25) is 0 Å². The maximum Gasteiger partial charge on any atom is 0.238 e. The van der Waals surface area contributed by atoms with Gasteiger partial charge in [-0.2, -0.15) is 11.8 Å². The van der Waals surface area contributed by atoms with Crippen LogP contribution in [0.1, 0.15) is 40.5 Å². The second kappa shape index (κ2) is 7.27. The number of amides is 1. The van der Waals surface area contributed by atoms with E-state index in [0.29, 0.717) is 18.5 Å². The normalized spacial score (nSPS) is 22.5. The van der Waals surface area contributed by atoms with Crippen molar-refractivity contribution in [1.82, 2.24) is 10.2 Å². The summed E-state index contributed by atoms with van der Waals surface area (Å²) in [5.74, 6) is 3.20. The number of carbonyl (C=O) groups excluding carboxylic acids is 1. The van der Waals surface area contributed by atoms with Crippen LogP contribution in [0.4, 0.5) is 0 Å². The minimum atomic E-state index is 0.254. The third-order valence-corrected chi connectivity index (χ3v) is 4.10. The number of nitrogens with zero attached hydrogens (tertiary/aromatic N) is 1. The molecule has 100 valence electrons. The number of rotatable bonds is 7. The van der Waals surface area contributed by atoms with Crippen molar-refractivity contribution in [3.63, 3.8) is 0 Å². The van der Waals surface area contributed by atoms with Gasteiger partial charge in [-0.3, -0.25) is 10.1 Å². The molecule has 1 rings (SSSR count). The van der Waals surface area contributed by atoms with E-state index < -0.39 is 0 Å². The van der Waals surface area contributed by atoms with Crippen molar-refractivity contribution in [3.8, 4) is 0 Å². The highest BCUT2D eigenvalue weighted by molar-refractivity contribution is 7.99. The van der Waals surface area contributed by atoms with Crippen molar-refractivity contribution < 1.29 is 4.79 Å². The first-order valence-electron chi connectivity index (χ1n) is 6.68. The van der Waals surface area contributed by atoms with Crippen LogP contribution in [-0.2, 0) is 4.79 Å². The summed E-state index contributed by atoms with van der Waals surface area (Å²) in [4.78, 5) is 14.0. The molecule has 1 aliphatic heterocycles. The van der Waals surface area contributed by atoms with E-state index in [4.69, 9.17) is 0 Å². The molecule has 0 aromatic rings.